The second kappa shape index (κ2) is 10.3. The number of sulfonamides is 1. The van der Waals surface area contributed by atoms with E-state index in [1.807, 2.05) is 0 Å². The number of rotatable bonds is 9. The molecule has 0 fully saturated rings. The second-order valence-corrected chi connectivity index (χ2v) is 7.80. The van der Waals surface area contributed by atoms with Gasteiger partial charge in [-0.25, -0.2) is 13.6 Å². The number of anilines is 1. The van der Waals surface area contributed by atoms with Gasteiger partial charge in [0.15, 0.2) is 0 Å². The van der Waals surface area contributed by atoms with Crippen molar-refractivity contribution in [1.82, 2.24) is 10.6 Å². The third-order valence-corrected chi connectivity index (χ3v) is 4.86. The van der Waals surface area contributed by atoms with E-state index in [0.717, 1.165) is 4.90 Å². The molecular weight excluding hydrogens is 428 g/mol. The minimum absolute atomic E-state index is 0.114. The van der Waals surface area contributed by atoms with Gasteiger partial charge in [-0.15, -0.1) is 0 Å². The van der Waals surface area contributed by atoms with Crippen molar-refractivity contribution in [3.05, 3.63) is 60.2 Å². The van der Waals surface area contributed by atoms with Crippen LogP contribution in [0.15, 0.2) is 59.5 Å². The van der Waals surface area contributed by atoms with Crippen molar-refractivity contribution >= 4 is 39.4 Å². The van der Waals surface area contributed by atoms with Gasteiger partial charge in [0.2, 0.25) is 21.8 Å². The highest BCUT2D eigenvalue weighted by molar-refractivity contribution is 7.89. The molecule has 0 aliphatic rings. The Morgan fingerprint density at radius 2 is 1.45 bits per heavy atom. The Hall–Kier alpha value is -3.77. The molecule has 0 spiro atoms. The summed E-state index contributed by atoms with van der Waals surface area (Å²) in [6.07, 6.45) is 0. The van der Waals surface area contributed by atoms with E-state index < -0.39 is 53.3 Å². The number of primary sulfonamides is 1. The summed E-state index contributed by atoms with van der Waals surface area (Å²) in [6, 6.07) is 13.2. The van der Waals surface area contributed by atoms with Crippen molar-refractivity contribution in [2.75, 3.05) is 24.5 Å². The quantitative estimate of drug-likeness (QED) is 0.392. The van der Waals surface area contributed by atoms with E-state index in [1.54, 1.807) is 30.3 Å². The lowest BCUT2D eigenvalue weighted by molar-refractivity contribution is -0.137. The normalized spacial score (nSPS) is 10.7. The highest BCUT2D eigenvalue weighted by atomic mass is 32.2. The van der Waals surface area contributed by atoms with Gasteiger partial charge in [-0.2, -0.15) is 0 Å². The summed E-state index contributed by atoms with van der Waals surface area (Å²) in [5.74, 6) is -3.18. The fourth-order valence-electron chi connectivity index (χ4n) is 2.45. The maximum absolute atomic E-state index is 13.0. The van der Waals surface area contributed by atoms with Gasteiger partial charge in [-0.05, 0) is 36.4 Å². The van der Waals surface area contributed by atoms with Crippen molar-refractivity contribution in [3.8, 4) is 0 Å². The molecule has 2 aromatic rings. The monoisotopic (exact) mass is 448 g/mol. The van der Waals surface area contributed by atoms with Gasteiger partial charge in [0.05, 0.1) is 11.4 Å². The number of hydrogen-bond donors (Lipinski definition) is 4. The number of nitrogens with zero attached hydrogens (tertiary/aromatic N) is 1. The molecule has 2 rings (SSSR count). The van der Waals surface area contributed by atoms with Crippen LogP contribution in [0.3, 0.4) is 0 Å². The fraction of sp³-hybridized carbons (Fsp3) is 0.158. The van der Waals surface area contributed by atoms with Crippen molar-refractivity contribution in [3.63, 3.8) is 0 Å². The number of carbonyl (C=O) groups excluding carboxylic acids is 3. The number of amides is 3. The maximum atomic E-state index is 13.0. The van der Waals surface area contributed by atoms with Crippen LogP contribution < -0.4 is 20.7 Å². The summed E-state index contributed by atoms with van der Waals surface area (Å²) in [7, 11) is -3.93. The van der Waals surface area contributed by atoms with Gasteiger partial charge in [-0.3, -0.25) is 24.1 Å². The molecule has 2 aromatic carbocycles. The summed E-state index contributed by atoms with van der Waals surface area (Å²) < 4.78 is 22.8. The zero-order valence-electron chi connectivity index (χ0n) is 16.1. The lowest BCUT2D eigenvalue weighted by Crippen LogP contribution is -2.44. The number of hydrogen-bond acceptors (Lipinski definition) is 6. The minimum Gasteiger partial charge on any atom is -0.480 e. The zero-order valence-corrected chi connectivity index (χ0v) is 17.0. The molecule has 31 heavy (non-hydrogen) atoms. The van der Waals surface area contributed by atoms with Gasteiger partial charge in [0.1, 0.15) is 13.1 Å². The lowest BCUT2D eigenvalue weighted by atomic mass is 10.1. The van der Waals surface area contributed by atoms with Crippen LogP contribution in [0.2, 0.25) is 0 Å². The molecule has 0 aromatic heterocycles. The van der Waals surface area contributed by atoms with E-state index in [1.165, 1.54) is 24.3 Å². The van der Waals surface area contributed by atoms with Crippen LogP contribution in [-0.2, 0) is 24.4 Å². The van der Waals surface area contributed by atoms with E-state index in [9.17, 15) is 27.6 Å². The molecule has 3 amide bonds. The van der Waals surface area contributed by atoms with Crippen molar-refractivity contribution < 1.29 is 32.7 Å². The first kappa shape index (κ1) is 23.5. The number of aliphatic carboxylic acids is 1. The Morgan fingerprint density at radius 1 is 0.871 bits per heavy atom. The summed E-state index contributed by atoms with van der Waals surface area (Å²) in [6.45, 7) is -1.49. The van der Waals surface area contributed by atoms with Gasteiger partial charge < -0.3 is 15.7 Å². The molecule has 5 N–H and O–H groups in total. The average Bonchev–Trinajstić information content (AvgIpc) is 2.74. The minimum atomic E-state index is -3.93. The molecule has 12 heteroatoms. The summed E-state index contributed by atoms with van der Waals surface area (Å²) in [5.41, 5.74) is 0.511. The van der Waals surface area contributed by atoms with Crippen LogP contribution in [0.5, 0.6) is 0 Å². The van der Waals surface area contributed by atoms with Crippen molar-refractivity contribution in [1.29, 1.82) is 0 Å². The molecule has 0 atom stereocenters. The first-order chi connectivity index (χ1) is 14.6. The molecule has 0 saturated carbocycles. The predicted molar refractivity (Wildman–Crippen MR) is 110 cm³/mol. The van der Waals surface area contributed by atoms with Crippen molar-refractivity contribution in [2.24, 2.45) is 5.14 Å². The van der Waals surface area contributed by atoms with Crippen LogP contribution in [0.25, 0.3) is 0 Å². The van der Waals surface area contributed by atoms with Crippen LogP contribution in [0, 0.1) is 0 Å². The zero-order chi connectivity index (χ0) is 23.0. The maximum Gasteiger partial charge on any atom is 0.322 e. The van der Waals surface area contributed by atoms with E-state index in [-0.39, 0.29) is 10.5 Å². The third-order valence-electron chi connectivity index (χ3n) is 3.93. The first-order valence-corrected chi connectivity index (χ1v) is 10.4. The molecular formula is C19H20N4O7S. The standard InChI is InChI=1S/C19H20N4O7S/c20-31(29,30)15-8-6-13(7-9-15)19(28)23(14-4-2-1-3-5-14)12-17(25)21-10-16(24)22-11-18(26)27/h1-9H,10-12H2,(H,21,25)(H,22,24)(H,26,27)(H2,20,29,30). The Balaban J connectivity index is 2.14. The summed E-state index contributed by atoms with van der Waals surface area (Å²) in [5, 5.41) is 18.0. The predicted octanol–water partition coefficient (Wildman–Crippen LogP) is -0.702. The Bertz CT molecular complexity index is 1070. The number of benzene rings is 2. The van der Waals surface area contributed by atoms with E-state index in [2.05, 4.69) is 10.6 Å². The number of para-hydroxylation sites is 1. The van der Waals surface area contributed by atoms with Gasteiger partial charge >= 0.3 is 5.97 Å². The number of nitrogens with two attached hydrogens (primary N) is 1. The molecule has 0 bridgehead atoms. The molecule has 0 radical (unpaired) electrons. The summed E-state index contributed by atoms with van der Waals surface area (Å²) >= 11 is 0. The van der Waals surface area contributed by atoms with Gasteiger partial charge in [-0.1, -0.05) is 18.2 Å². The summed E-state index contributed by atoms with van der Waals surface area (Å²) in [4.78, 5) is 48.2. The molecule has 164 valence electrons. The lowest BCUT2D eigenvalue weighted by Gasteiger charge is -2.22. The Kier molecular flexibility index (Phi) is 7.82. The van der Waals surface area contributed by atoms with Crippen LogP contribution in [0.4, 0.5) is 5.69 Å². The van der Waals surface area contributed by atoms with Gasteiger partial charge in [0, 0.05) is 11.3 Å². The second-order valence-electron chi connectivity index (χ2n) is 6.24. The topological polar surface area (TPSA) is 176 Å². The Labute approximate surface area is 177 Å². The smallest absolute Gasteiger partial charge is 0.322 e. The molecule has 0 saturated heterocycles. The fourth-order valence-corrected chi connectivity index (χ4v) is 2.96. The van der Waals surface area contributed by atoms with Gasteiger partial charge in [0.25, 0.3) is 5.91 Å². The molecule has 0 aliphatic carbocycles. The molecule has 0 unspecified atom stereocenters. The number of carboxylic acids is 1. The molecule has 0 heterocycles. The number of nitrogens with one attached hydrogen (secondary N) is 2. The van der Waals surface area contributed by atoms with Crippen LogP contribution in [-0.4, -0.2) is 56.8 Å². The SMILES string of the molecule is NS(=O)(=O)c1ccc(C(=O)N(CC(=O)NCC(=O)NCC(=O)O)c2ccccc2)cc1. The molecule has 0 aliphatic heterocycles. The number of carboxylic acid groups (broad SMARTS) is 1. The highest BCUT2D eigenvalue weighted by Crippen LogP contribution is 2.18. The molecule has 11 nitrogen and oxygen atoms in total. The Morgan fingerprint density at radius 3 is 2.00 bits per heavy atom. The number of carbonyl (C=O) groups is 4. The highest BCUT2D eigenvalue weighted by Gasteiger charge is 2.21. The van der Waals surface area contributed by atoms with Crippen molar-refractivity contribution in [2.45, 2.75) is 4.90 Å². The largest absolute Gasteiger partial charge is 0.480 e. The van der Waals surface area contributed by atoms with E-state index in [0.29, 0.717) is 5.69 Å². The average molecular weight is 448 g/mol. The third kappa shape index (κ3) is 7.21. The van der Waals surface area contributed by atoms with Crippen LogP contribution >= 0.6 is 0 Å². The first-order valence-electron chi connectivity index (χ1n) is 8.83. The van der Waals surface area contributed by atoms with Crippen LogP contribution in [0.1, 0.15) is 10.4 Å². The van der Waals surface area contributed by atoms with E-state index >= 15 is 0 Å². The van der Waals surface area contributed by atoms with E-state index in [4.69, 9.17) is 10.2 Å².